The monoisotopic (exact) mass is 347 g/mol. The Morgan fingerprint density at radius 2 is 2.04 bits per heavy atom. The summed E-state index contributed by atoms with van der Waals surface area (Å²) in [5.74, 6) is -0.813. The van der Waals surface area contributed by atoms with Crippen LogP contribution >= 0.6 is 11.3 Å². The third kappa shape index (κ3) is 3.51. The van der Waals surface area contributed by atoms with Gasteiger partial charge < -0.3 is 15.0 Å². The normalized spacial score (nSPS) is 14.9. The van der Waals surface area contributed by atoms with Crippen LogP contribution in [0.25, 0.3) is 0 Å². The van der Waals surface area contributed by atoms with Gasteiger partial charge in [-0.25, -0.2) is 9.78 Å². The van der Waals surface area contributed by atoms with Crippen molar-refractivity contribution in [2.45, 2.75) is 39.2 Å². The van der Waals surface area contributed by atoms with Gasteiger partial charge in [0.1, 0.15) is 4.88 Å². The topological polar surface area (TPSA) is 84.2 Å². The van der Waals surface area contributed by atoms with Gasteiger partial charge in [-0.1, -0.05) is 6.92 Å². The van der Waals surface area contributed by atoms with E-state index in [1.54, 1.807) is 12.5 Å². The average molecular weight is 347 g/mol. The Morgan fingerprint density at radius 3 is 2.67 bits per heavy atom. The summed E-state index contributed by atoms with van der Waals surface area (Å²) in [6, 6.07) is 0. The molecule has 2 heterocycles. The average Bonchev–Trinajstić information content (AvgIpc) is 3.20. The molecule has 2 aromatic rings. The van der Waals surface area contributed by atoms with Crippen LogP contribution in [0.15, 0.2) is 18.7 Å². The minimum absolute atomic E-state index is 0.150. The zero-order valence-electron chi connectivity index (χ0n) is 13.6. The summed E-state index contributed by atoms with van der Waals surface area (Å²) < 4.78 is 1.98. The lowest BCUT2D eigenvalue weighted by Gasteiger charge is -2.15. The van der Waals surface area contributed by atoms with Crippen molar-refractivity contribution in [1.29, 1.82) is 0 Å². The molecule has 0 bridgehead atoms. The second kappa shape index (κ2) is 7.17. The molecule has 0 spiro atoms. The molecule has 6 nitrogen and oxygen atoms in total. The molecule has 0 fully saturated rings. The second-order valence-electron chi connectivity index (χ2n) is 6.30. The minimum atomic E-state index is -0.925. The van der Waals surface area contributed by atoms with Crippen molar-refractivity contribution in [3.63, 3.8) is 0 Å². The van der Waals surface area contributed by atoms with E-state index >= 15 is 0 Å². The molecule has 1 amide bonds. The Bertz CT molecular complexity index is 737. The fraction of sp³-hybridized carbons (Fsp3) is 0.471. The highest BCUT2D eigenvalue weighted by Crippen LogP contribution is 2.34. The van der Waals surface area contributed by atoms with Gasteiger partial charge in [0.15, 0.2) is 0 Å². The first-order valence-corrected chi connectivity index (χ1v) is 8.99. The van der Waals surface area contributed by atoms with Crippen molar-refractivity contribution >= 4 is 23.2 Å². The van der Waals surface area contributed by atoms with Crippen LogP contribution in [0, 0.1) is 5.92 Å². The van der Waals surface area contributed by atoms with Crippen LogP contribution in [-0.4, -0.2) is 33.1 Å². The molecule has 3 rings (SSSR count). The predicted octanol–water partition coefficient (Wildman–Crippen LogP) is 2.59. The van der Waals surface area contributed by atoms with Crippen LogP contribution in [0.5, 0.6) is 0 Å². The Labute approximate surface area is 144 Å². The van der Waals surface area contributed by atoms with Crippen LogP contribution in [0.3, 0.4) is 0 Å². The van der Waals surface area contributed by atoms with E-state index in [2.05, 4.69) is 17.2 Å². The van der Waals surface area contributed by atoms with Crippen LogP contribution in [0.2, 0.25) is 0 Å². The van der Waals surface area contributed by atoms with Gasteiger partial charge in [0.05, 0.1) is 11.2 Å². The molecule has 0 saturated heterocycles. The zero-order chi connectivity index (χ0) is 17.1. The smallest absolute Gasteiger partial charge is 0.346 e. The number of imidazole rings is 1. The number of fused-ring (bicyclic) bond motifs is 1. The number of amides is 1. The van der Waals surface area contributed by atoms with E-state index < -0.39 is 5.97 Å². The number of carbonyl (C=O) groups excluding carboxylic acids is 1. The van der Waals surface area contributed by atoms with Gasteiger partial charge >= 0.3 is 5.97 Å². The van der Waals surface area contributed by atoms with Gasteiger partial charge in [0, 0.05) is 25.5 Å². The number of carboxylic acid groups (broad SMARTS) is 1. The number of nitrogens with zero attached hydrogens (tertiary/aromatic N) is 2. The largest absolute Gasteiger partial charge is 0.477 e. The molecule has 0 radical (unpaired) electrons. The van der Waals surface area contributed by atoms with Crippen LogP contribution in [-0.2, 0) is 19.4 Å². The maximum atomic E-state index is 12.5. The van der Waals surface area contributed by atoms with Crippen molar-refractivity contribution in [2.24, 2.45) is 5.92 Å². The van der Waals surface area contributed by atoms with E-state index in [1.807, 2.05) is 10.8 Å². The second-order valence-corrected chi connectivity index (χ2v) is 7.32. The Kier molecular flexibility index (Phi) is 4.99. The Morgan fingerprint density at radius 1 is 1.33 bits per heavy atom. The molecule has 24 heavy (non-hydrogen) atoms. The Balaban J connectivity index is 1.67. The SMILES string of the molecule is CC(CNC(=O)c1sc(C(=O)O)c2c1CCCC2)Cn1ccnc1. The van der Waals surface area contributed by atoms with E-state index in [9.17, 15) is 14.7 Å². The minimum Gasteiger partial charge on any atom is -0.477 e. The fourth-order valence-electron chi connectivity index (χ4n) is 3.15. The van der Waals surface area contributed by atoms with Gasteiger partial charge in [-0.05, 0) is 42.7 Å². The van der Waals surface area contributed by atoms with Crippen molar-refractivity contribution in [3.05, 3.63) is 39.6 Å². The number of aromatic carboxylic acids is 1. The number of carboxylic acids is 1. The molecule has 0 aromatic carbocycles. The van der Waals surface area contributed by atoms with E-state index in [-0.39, 0.29) is 11.8 Å². The summed E-state index contributed by atoms with van der Waals surface area (Å²) in [4.78, 5) is 28.9. The molecular formula is C17H21N3O3S. The number of hydrogen-bond donors (Lipinski definition) is 2. The number of rotatable bonds is 6. The molecule has 1 atom stereocenters. The first-order valence-electron chi connectivity index (χ1n) is 8.18. The van der Waals surface area contributed by atoms with Gasteiger partial charge in [-0.2, -0.15) is 0 Å². The van der Waals surface area contributed by atoms with E-state index in [0.717, 1.165) is 54.7 Å². The van der Waals surface area contributed by atoms with Crippen LogP contribution in [0.1, 0.15) is 50.2 Å². The van der Waals surface area contributed by atoms with E-state index in [4.69, 9.17) is 0 Å². The molecule has 7 heteroatoms. The highest BCUT2D eigenvalue weighted by Gasteiger charge is 2.27. The van der Waals surface area contributed by atoms with E-state index in [0.29, 0.717) is 16.3 Å². The van der Waals surface area contributed by atoms with Gasteiger partial charge in [0.25, 0.3) is 5.91 Å². The van der Waals surface area contributed by atoms with Crippen LogP contribution < -0.4 is 5.32 Å². The third-order valence-corrected chi connectivity index (χ3v) is 5.57. The quantitative estimate of drug-likeness (QED) is 0.841. The first kappa shape index (κ1) is 16.7. The molecule has 1 aliphatic carbocycles. The maximum absolute atomic E-state index is 12.5. The van der Waals surface area contributed by atoms with Gasteiger partial charge in [-0.3, -0.25) is 4.79 Å². The fourth-order valence-corrected chi connectivity index (χ4v) is 4.31. The van der Waals surface area contributed by atoms with Crippen molar-refractivity contribution in [2.75, 3.05) is 6.54 Å². The lowest BCUT2D eigenvalue weighted by atomic mass is 9.92. The standard InChI is InChI=1S/C17H21N3O3S/c1-11(9-20-7-6-18-10-20)8-19-16(21)14-12-4-2-3-5-13(12)15(24-14)17(22)23/h6-7,10-11H,2-5,8-9H2,1H3,(H,19,21)(H,22,23). The molecule has 2 aromatic heterocycles. The molecule has 0 aliphatic heterocycles. The molecular weight excluding hydrogens is 326 g/mol. The van der Waals surface area contributed by atoms with Gasteiger partial charge in [0.2, 0.25) is 0 Å². The Hall–Kier alpha value is -2.15. The summed E-state index contributed by atoms with van der Waals surface area (Å²) in [5, 5.41) is 12.3. The molecule has 1 unspecified atom stereocenters. The first-order chi connectivity index (χ1) is 11.6. The summed E-state index contributed by atoms with van der Waals surface area (Å²) in [7, 11) is 0. The predicted molar refractivity (Wildman–Crippen MR) is 91.6 cm³/mol. The summed E-state index contributed by atoms with van der Waals surface area (Å²) in [5.41, 5.74) is 1.82. The highest BCUT2D eigenvalue weighted by molar-refractivity contribution is 7.16. The van der Waals surface area contributed by atoms with Crippen LogP contribution in [0.4, 0.5) is 0 Å². The summed E-state index contributed by atoms with van der Waals surface area (Å²) in [6.07, 6.45) is 8.95. The third-order valence-electron chi connectivity index (χ3n) is 4.31. The molecule has 128 valence electrons. The lowest BCUT2D eigenvalue weighted by Crippen LogP contribution is -2.30. The van der Waals surface area contributed by atoms with Crippen molar-refractivity contribution in [1.82, 2.24) is 14.9 Å². The number of hydrogen-bond acceptors (Lipinski definition) is 4. The van der Waals surface area contributed by atoms with Gasteiger partial charge in [-0.15, -0.1) is 11.3 Å². The molecule has 0 saturated carbocycles. The summed E-state index contributed by atoms with van der Waals surface area (Å²) >= 11 is 1.12. The van der Waals surface area contributed by atoms with Crippen molar-refractivity contribution < 1.29 is 14.7 Å². The number of thiophene rings is 1. The maximum Gasteiger partial charge on any atom is 0.346 e. The number of carbonyl (C=O) groups is 2. The molecule has 1 aliphatic rings. The number of nitrogens with one attached hydrogen (secondary N) is 1. The number of aromatic nitrogens is 2. The van der Waals surface area contributed by atoms with Crippen molar-refractivity contribution in [3.8, 4) is 0 Å². The van der Waals surface area contributed by atoms with E-state index in [1.165, 1.54) is 0 Å². The highest BCUT2D eigenvalue weighted by atomic mass is 32.1. The lowest BCUT2D eigenvalue weighted by molar-refractivity contribution is 0.0700. The molecule has 2 N–H and O–H groups in total. The zero-order valence-corrected chi connectivity index (χ0v) is 14.4. The summed E-state index contributed by atoms with van der Waals surface area (Å²) in [6.45, 7) is 3.39.